The van der Waals surface area contributed by atoms with E-state index in [-0.39, 0.29) is 11.3 Å². The number of aliphatic carboxylic acids is 1. The first-order chi connectivity index (χ1) is 9.90. The second-order valence-corrected chi connectivity index (χ2v) is 6.15. The van der Waals surface area contributed by atoms with Crippen LogP contribution in [0.5, 0.6) is 0 Å². The molecule has 0 aliphatic carbocycles. The summed E-state index contributed by atoms with van der Waals surface area (Å²) in [6, 6.07) is 1.94. The highest BCUT2D eigenvalue weighted by Crippen LogP contribution is 2.14. The molecule has 7 heteroatoms. The van der Waals surface area contributed by atoms with Crippen LogP contribution in [0.15, 0.2) is 22.2 Å². The summed E-state index contributed by atoms with van der Waals surface area (Å²) in [4.78, 5) is 28.1. The van der Waals surface area contributed by atoms with Crippen LogP contribution in [0.2, 0.25) is 0 Å². The Morgan fingerprint density at radius 3 is 2.81 bits per heavy atom. The van der Waals surface area contributed by atoms with Gasteiger partial charge in [0.15, 0.2) is 5.16 Å². The number of hydrogen-bond acceptors (Lipinski definition) is 5. The second kappa shape index (κ2) is 8.84. The van der Waals surface area contributed by atoms with Crippen molar-refractivity contribution in [1.82, 2.24) is 14.5 Å². The Labute approximate surface area is 129 Å². The van der Waals surface area contributed by atoms with E-state index in [0.29, 0.717) is 11.2 Å². The lowest BCUT2D eigenvalue weighted by Gasteiger charge is -2.20. The SMILES string of the molecule is CC(C)N(C)CCCCn1ccc(=O)nc1SCC(=O)O. The molecule has 1 aromatic heterocycles. The fraction of sp³-hybridized carbons (Fsp3) is 0.643. The maximum absolute atomic E-state index is 11.3. The van der Waals surface area contributed by atoms with Crippen LogP contribution in [-0.4, -0.2) is 50.9 Å². The number of carboxylic acids is 1. The molecule has 0 amide bonds. The molecule has 6 nitrogen and oxygen atoms in total. The molecule has 1 heterocycles. The molecule has 1 N–H and O–H groups in total. The molecular formula is C14H23N3O3S. The van der Waals surface area contributed by atoms with E-state index in [4.69, 9.17) is 5.11 Å². The zero-order valence-electron chi connectivity index (χ0n) is 12.8. The number of hydrogen-bond donors (Lipinski definition) is 1. The van der Waals surface area contributed by atoms with Crippen molar-refractivity contribution in [3.8, 4) is 0 Å². The smallest absolute Gasteiger partial charge is 0.313 e. The van der Waals surface area contributed by atoms with Gasteiger partial charge >= 0.3 is 5.97 Å². The highest BCUT2D eigenvalue weighted by molar-refractivity contribution is 7.99. The minimum Gasteiger partial charge on any atom is -0.481 e. The summed E-state index contributed by atoms with van der Waals surface area (Å²) in [7, 11) is 2.10. The van der Waals surface area contributed by atoms with E-state index in [1.54, 1.807) is 6.20 Å². The van der Waals surface area contributed by atoms with Gasteiger partial charge in [-0.2, -0.15) is 4.98 Å². The Kier molecular flexibility index (Phi) is 7.45. The van der Waals surface area contributed by atoms with Crippen molar-refractivity contribution >= 4 is 17.7 Å². The molecule has 0 unspecified atom stereocenters. The van der Waals surface area contributed by atoms with E-state index in [1.165, 1.54) is 6.07 Å². The Hall–Kier alpha value is -1.34. The standard InChI is InChI=1S/C14H23N3O3S/c1-11(2)16(3)7-4-5-8-17-9-6-12(18)15-14(17)21-10-13(19)20/h6,9,11H,4-5,7-8,10H2,1-3H3,(H,19,20). The van der Waals surface area contributed by atoms with Crippen molar-refractivity contribution in [3.05, 3.63) is 22.6 Å². The molecule has 0 aromatic carbocycles. The predicted octanol–water partition coefficient (Wildman–Crippen LogP) is 1.54. The van der Waals surface area contributed by atoms with Crippen molar-refractivity contribution in [2.75, 3.05) is 19.3 Å². The lowest BCUT2D eigenvalue weighted by atomic mass is 10.2. The van der Waals surface area contributed by atoms with Gasteiger partial charge in [-0.15, -0.1) is 0 Å². The molecule has 1 rings (SSSR count). The van der Waals surface area contributed by atoms with Gasteiger partial charge in [-0.25, -0.2) is 0 Å². The van der Waals surface area contributed by atoms with Gasteiger partial charge in [-0.05, 0) is 40.3 Å². The van der Waals surface area contributed by atoms with Crippen LogP contribution in [-0.2, 0) is 11.3 Å². The normalized spacial score (nSPS) is 11.3. The molecule has 0 aliphatic heterocycles. The minimum atomic E-state index is -0.914. The van der Waals surface area contributed by atoms with Gasteiger partial charge in [0, 0.05) is 24.8 Å². The molecule has 0 radical (unpaired) electrons. The number of unbranched alkanes of at least 4 members (excludes halogenated alkanes) is 1. The molecule has 21 heavy (non-hydrogen) atoms. The lowest BCUT2D eigenvalue weighted by molar-refractivity contribution is -0.133. The zero-order chi connectivity index (χ0) is 15.8. The molecule has 1 aromatic rings. The minimum absolute atomic E-state index is 0.0907. The lowest BCUT2D eigenvalue weighted by Crippen LogP contribution is -2.27. The number of thioether (sulfide) groups is 1. The number of carbonyl (C=O) groups is 1. The highest BCUT2D eigenvalue weighted by Gasteiger charge is 2.07. The largest absolute Gasteiger partial charge is 0.481 e. The molecule has 0 spiro atoms. The number of carboxylic acid groups (broad SMARTS) is 1. The van der Waals surface area contributed by atoms with Crippen LogP contribution in [0.3, 0.4) is 0 Å². The quantitative estimate of drug-likeness (QED) is 0.423. The van der Waals surface area contributed by atoms with Crippen molar-refractivity contribution in [1.29, 1.82) is 0 Å². The van der Waals surface area contributed by atoms with Gasteiger partial charge in [-0.3, -0.25) is 9.59 Å². The third-order valence-corrected chi connectivity index (χ3v) is 4.19. The van der Waals surface area contributed by atoms with Crippen molar-refractivity contribution < 1.29 is 9.90 Å². The third-order valence-electron chi connectivity index (χ3n) is 3.21. The molecule has 0 fully saturated rings. The van der Waals surface area contributed by atoms with Crippen LogP contribution in [0.1, 0.15) is 26.7 Å². The van der Waals surface area contributed by atoms with Gasteiger partial charge in [0.05, 0.1) is 5.75 Å². The van der Waals surface area contributed by atoms with E-state index in [9.17, 15) is 9.59 Å². The monoisotopic (exact) mass is 313 g/mol. The van der Waals surface area contributed by atoms with Crippen LogP contribution < -0.4 is 5.56 Å². The summed E-state index contributed by atoms with van der Waals surface area (Å²) < 4.78 is 1.85. The van der Waals surface area contributed by atoms with Crippen LogP contribution >= 0.6 is 11.8 Å². The Balaban J connectivity index is 2.53. The fourth-order valence-corrected chi connectivity index (χ4v) is 2.45. The fourth-order valence-electron chi connectivity index (χ4n) is 1.73. The van der Waals surface area contributed by atoms with Crippen molar-refractivity contribution in [2.24, 2.45) is 0 Å². The predicted molar refractivity (Wildman–Crippen MR) is 83.9 cm³/mol. The average molecular weight is 313 g/mol. The average Bonchev–Trinajstić information content (AvgIpc) is 2.42. The summed E-state index contributed by atoms with van der Waals surface area (Å²) in [6.07, 6.45) is 3.69. The third kappa shape index (κ3) is 6.77. The van der Waals surface area contributed by atoms with Crippen LogP contribution in [0.25, 0.3) is 0 Å². The first kappa shape index (κ1) is 17.7. The van der Waals surface area contributed by atoms with Gasteiger partial charge in [0.25, 0.3) is 5.56 Å². The van der Waals surface area contributed by atoms with Gasteiger partial charge in [-0.1, -0.05) is 11.8 Å². The summed E-state index contributed by atoms with van der Waals surface area (Å²) >= 11 is 1.08. The number of aromatic nitrogens is 2. The first-order valence-electron chi connectivity index (χ1n) is 7.02. The topological polar surface area (TPSA) is 75.4 Å². The Bertz CT molecular complexity index is 516. The van der Waals surface area contributed by atoms with Gasteiger partial charge < -0.3 is 14.6 Å². The Morgan fingerprint density at radius 2 is 2.19 bits per heavy atom. The van der Waals surface area contributed by atoms with E-state index in [0.717, 1.165) is 37.7 Å². The summed E-state index contributed by atoms with van der Waals surface area (Å²) in [5, 5.41) is 9.19. The summed E-state index contributed by atoms with van der Waals surface area (Å²) in [6.45, 7) is 6.07. The second-order valence-electron chi connectivity index (χ2n) is 5.21. The van der Waals surface area contributed by atoms with Gasteiger partial charge in [0.2, 0.25) is 0 Å². The van der Waals surface area contributed by atoms with Crippen LogP contribution in [0, 0.1) is 0 Å². The molecular weight excluding hydrogens is 290 g/mol. The van der Waals surface area contributed by atoms with Crippen LogP contribution in [0.4, 0.5) is 0 Å². The summed E-state index contributed by atoms with van der Waals surface area (Å²) in [5.74, 6) is -1.00. The van der Waals surface area contributed by atoms with E-state index in [1.807, 2.05) is 4.57 Å². The number of rotatable bonds is 9. The molecule has 0 bridgehead atoms. The highest BCUT2D eigenvalue weighted by atomic mass is 32.2. The van der Waals surface area contributed by atoms with E-state index >= 15 is 0 Å². The summed E-state index contributed by atoms with van der Waals surface area (Å²) in [5.41, 5.74) is -0.335. The Morgan fingerprint density at radius 1 is 1.48 bits per heavy atom. The van der Waals surface area contributed by atoms with Crippen molar-refractivity contribution in [2.45, 2.75) is 44.4 Å². The number of nitrogens with zero attached hydrogens (tertiary/aromatic N) is 3. The molecule has 0 aliphatic rings. The maximum Gasteiger partial charge on any atom is 0.313 e. The zero-order valence-corrected chi connectivity index (χ0v) is 13.6. The molecule has 0 atom stereocenters. The van der Waals surface area contributed by atoms with E-state index < -0.39 is 5.97 Å². The number of aryl methyl sites for hydroxylation is 1. The molecule has 118 valence electrons. The molecule has 0 saturated heterocycles. The maximum atomic E-state index is 11.3. The van der Waals surface area contributed by atoms with E-state index in [2.05, 4.69) is 30.8 Å². The van der Waals surface area contributed by atoms with Gasteiger partial charge in [0.1, 0.15) is 0 Å². The first-order valence-corrected chi connectivity index (χ1v) is 8.01. The molecule has 0 saturated carbocycles. The van der Waals surface area contributed by atoms with Crippen molar-refractivity contribution in [3.63, 3.8) is 0 Å².